The summed E-state index contributed by atoms with van der Waals surface area (Å²) in [5.41, 5.74) is 0.585. The number of urea groups is 1. The zero-order chi connectivity index (χ0) is 13.4. The molecule has 0 heterocycles. The van der Waals surface area contributed by atoms with Crippen molar-refractivity contribution in [3.8, 4) is 0 Å². The van der Waals surface area contributed by atoms with Gasteiger partial charge in [-0.2, -0.15) is 0 Å². The van der Waals surface area contributed by atoms with Crippen LogP contribution in [0.15, 0.2) is 22.7 Å². The van der Waals surface area contributed by atoms with Crippen LogP contribution in [-0.2, 0) is 4.74 Å². The molecule has 0 bridgehead atoms. The zero-order valence-corrected chi connectivity index (χ0v) is 12.5. The Morgan fingerprint density at radius 3 is 2.94 bits per heavy atom. The second-order valence-electron chi connectivity index (χ2n) is 3.56. The van der Waals surface area contributed by atoms with Crippen LogP contribution in [0, 0.1) is 0 Å². The summed E-state index contributed by atoms with van der Waals surface area (Å²) in [5.74, 6) is 0. The first-order valence-corrected chi connectivity index (χ1v) is 6.88. The second-order valence-corrected chi connectivity index (χ2v) is 4.88. The Morgan fingerprint density at radius 2 is 2.28 bits per heavy atom. The lowest BCUT2D eigenvalue weighted by atomic mass is 10.3. The van der Waals surface area contributed by atoms with E-state index in [0.717, 1.165) is 10.9 Å². The summed E-state index contributed by atoms with van der Waals surface area (Å²) in [4.78, 5) is 11.5. The van der Waals surface area contributed by atoms with Gasteiger partial charge in [-0.3, -0.25) is 0 Å². The van der Waals surface area contributed by atoms with E-state index in [2.05, 4.69) is 26.6 Å². The van der Waals surface area contributed by atoms with Crippen LogP contribution in [0.5, 0.6) is 0 Å². The third-order valence-corrected chi connectivity index (χ3v) is 2.94. The van der Waals surface area contributed by atoms with Crippen LogP contribution < -0.4 is 10.6 Å². The molecule has 1 aromatic rings. The second kappa shape index (κ2) is 8.34. The summed E-state index contributed by atoms with van der Waals surface area (Å²) in [5, 5.41) is 5.91. The van der Waals surface area contributed by atoms with Crippen molar-refractivity contribution in [2.75, 3.05) is 25.1 Å². The highest BCUT2D eigenvalue weighted by Crippen LogP contribution is 2.25. The molecule has 0 atom stereocenters. The van der Waals surface area contributed by atoms with Crippen LogP contribution in [0.1, 0.15) is 13.3 Å². The molecule has 0 spiro atoms. The molecule has 1 aromatic carbocycles. The van der Waals surface area contributed by atoms with E-state index in [0.29, 0.717) is 30.5 Å². The Hall–Kier alpha value is -0.780. The van der Waals surface area contributed by atoms with Crippen molar-refractivity contribution in [2.45, 2.75) is 13.3 Å². The van der Waals surface area contributed by atoms with E-state index in [-0.39, 0.29) is 6.03 Å². The van der Waals surface area contributed by atoms with E-state index in [1.54, 1.807) is 12.1 Å². The number of carbonyl (C=O) groups excluding carboxylic acids is 1. The topological polar surface area (TPSA) is 50.4 Å². The van der Waals surface area contributed by atoms with Crippen molar-refractivity contribution in [3.05, 3.63) is 27.7 Å². The molecule has 0 unspecified atom stereocenters. The Labute approximate surface area is 120 Å². The average molecular weight is 336 g/mol. The zero-order valence-electron chi connectivity index (χ0n) is 10.1. The van der Waals surface area contributed by atoms with Crippen molar-refractivity contribution in [3.63, 3.8) is 0 Å². The van der Waals surface area contributed by atoms with Gasteiger partial charge in [-0.25, -0.2) is 4.79 Å². The number of nitrogens with one attached hydrogen (secondary N) is 2. The Morgan fingerprint density at radius 1 is 1.50 bits per heavy atom. The van der Waals surface area contributed by atoms with Gasteiger partial charge in [0.15, 0.2) is 0 Å². The van der Waals surface area contributed by atoms with Crippen LogP contribution in [0.4, 0.5) is 10.5 Å². The van der Waals surface area contributed by atoms with Crippen LogP contribution >= 0.6 is 27.5 Å². The molecule has 1 rings (SSSR count). The predicted molar refractivity (Wildman–Crippen MR) is 77.3 cm³/mol. The Balaban J connectivity index is 2.31. The number of hydrogen-bond donors (Lipinski definition) is 2. The van der Waals surface area contributed by atoms with Gasteiger partial charge in [0, 0.05) is 24.2 Å². The van der Waals surface area contributed by atoms with Gasteiger partial charge in [0.05, 0.1) is 10.7 Å². The smallest absolute Gasteiger partial charge is 0.319 e. The Kier molecular flexibility index (Phi) is 7.08. The van der Waals surface area contributed by atoms with Gasteiger partial charge in [0.1, 0.15) is 0 Å². The maximum atomic E-state index is 11.5. The quantitative estimate of drug-likeness (QED) is 0.780. The molecule has 2 N–H and O–H groups in total. The number of rotatable bonds is 6. The fourth-order valence-electron chi connectivity index (χ4n) is 1.28. The minimum Gasteiger partial charge on any atom is -0.382 e. The molecule has 0 aliphatic rings. The summed E-state index contributed by atoms with van der Waals surface area (Å²) < 4.78 is 6.04. The van der Waals surface area contributed by atoms with Crippen LogP contribution in [0.3, 0.4) is 0 Å². The standard InChI is InChI=1S/C12H16BrClN2O2/c1-2-18-7-3-6-15-12(17)16-11-5-4-9(13)8-10(11)14/h4-5,8H,2-3,6-7H2,1H3,(H2,15,16,17). The van der Waals surface area contributed by atoms with E-state index in [1.165, 1.54) is 0 Å². The van der Waals surface area contributed by atoms with Crippen molar-refractivity contribution in [2.24, 2.45) is 0 Å². The maximum Gasteiger partial charge on any atom is 0.319 e. The van der Waals surface area contributed by atoms with Crippen molar-refractivity contribution in [1.82, 2.24) is 5.32 Å². The molecule has 0 aliphatic carbocycles. The fourth-order valence-corrected chi connectivity index (χ4v) is 2.00. The first kappa shape index (κ1) is 15.3. The highest BCUT2D eigenvalue weighted by Gasteiger charge is 2.05. The first-order chi connectivity index (χ1) is 8.63. The predicted octanol–water partition coefficient (Wildman–Crippen LogP) is 3.65. The summed E-state index contributed by atoms with van der Waals surface area (Å²) in [6, 6.07) is 5.02. The molecule has 0 fully saturated rings. The lowest BCUT2D eigenvalue weighted by molar-refractivity contribution is 0.145. The highest BCUT2D eigenvalue weighted by atomic mass is 79.9. The van der Waals surface area contributed by atoms with Gasteiger partial charge in [0.25, 0.3) is 0 Å². The molecule has 0 aliphatic heterocycles. The average Bonchev–Trinajstić information content (AvgIpc) is 2.32. The molecule has 2 amide bonds. The summed E-state index contributed by atoms with van der Waals surface area (Å²) >= 11 is 9.29. The number of anilines is 1. The number of ether oxygens (including phenoxy) is 1. The molecule has 6 heteroatoms. The number of amides is 2. The normalized spacial score (nSPS) is 10.2. The first-order valence-electron chi connectivity index (χ1n) is 5.71. The number of carbonyl (C=O) groups is 1. The molecule has 4 nitrogen and oxygen atoms in total. The van der Waals surface area contributed by atoms with Gasteiger partial charge in [0.2, 0.25) is 0 Å². The third-order valence-electron chi connectivity index (χ3n) is 2.13. The summed E-state index contributed by atoms with van der Waals surface area (Å²) in [6.45, 7) is 3.85. The SMILES string of the molecule is CCOCCCNC(=O)Nc1ccc(Br)cc1Cl. The molecule has 0 saturated carbocycles. The van der Waals surface area contributed by atoms with Crippen molar-refractivity contribution < 1.29 is 9.53 Å². The van der Waals surface area contributed by atoms with E-state index in [9.17, 15) is 4.79 Å². The molecule has 0 aromatic heterocycles. The highest BCUT2D eigenvalue weighted by molar-refractivity contribution is 9.10. The maximum absolute atomic E-state index is 11.5. The molecule has 100 valence electrons. The van der Waals surface area contributed by atoms with E-state index in [1.807, 2.05) is 13.0 Å². The van der Waals surface area contributed by atoms with Crippen molar-refractivity contribution >= 4 is 39.2 Å². The minimum absolute atomic E-state index is 0.268. The van der Waals surface area contributed by atoms with Crippen LogP contribution in [0.25, 0.3) is 0 Å². The van der Waals surface area contributed by atoms with E-state index in [4.69, 9.17) is 16.3 Å². The molecular formula is C12H16BrClN2O2. The third kappa shape index (κ3) is 5.71. The van der Waals surface area contributed by atoms with E-state index < -0.39 is 0 Å². The van der Waals surface area contributed by atoms with Crippen LogP contribution in [-0.4, -0.2) is 25.8 Å². The minimum atomic E-state index is -0.268. The van der Waals surface area contributed by atoms with E-state index >= 15 is 0 Å². The van der Waals surface area contributed by atoms with Gasteiger partial charge in [-0.05, 0) is 31.5 Å². The molecular weight excluding hydrogens is 320 g/mol. The van der Waals surface area contributed by atoms with Gasteiger partial charge < -0.3 is 15.4 Å². The van der Waals surface area contributed by atoms with Gasteiger partial charge >= 0.3 is 6.03 Å². The van der Waals surface area contributed by atoms with Crippen LogP contribution in [0.2, 0.25) is 5.02 Å². The summed E-state index contributed by atoms with van der Waals surface area (Å²) in [6.07, 6.45) is 0.787. The lowest BCUT2D eigenvalue weighted by Crippen LogP contribution is -2.30. The monoisotopic (exact) mass is 334 g/mol. The number of benzene rings is 1. The molecule has 0 radical (unpaired) electrons. The summed E-state index contributed by atoms with van der Waals surface area (Å²) in [7, 11) is 0. The molecule has 0 saturated heterocycles. The number of halogens is 2. The largest absolute Gasteiger partial charge is 0.382 e. The van der Waals surface area contributed by atoms with Gasteiger partial charge in [-0.1, -0.05) is 27.5 Å². The van der Waals surface area contributed by atoms with Crippen molar-refractivity contribution in [1.29, 1.82) is 0 Å². The number of hydrogen-bond acceptors (Lipinski definition) is 2. The Bertz CT molecular complexity index is 402. The lowest BCUT2D eigenvalue weighted by Gasteiger charge is -2.09. The van der Waals surface area contributed by atoms with Gasteiger partial charge in [-0.15, -0.1) is 0 Å². The fraction of sp³-hybridized carbons (Fsp3) is 0.417. The molecule has 18 heavy (non-hydrogen) atoms.